The first-order valence-corrected chi connectivity index (χ1v) is 10.1. The van der Waals surface area contributed by atoms with Crippen molar-refractivity contribution in [3.63, 3.8) is 0 Å². The fraction of sp³-hybridized carbons (Fsp3) is 0.800. The summed E-state index contributed by atoms with van der Waals surface area (Å²) in [5.74, 6) is 3.37. The Balaban J connectivity index is 0.00000261. The van der Waals surface area contributed by atoms with Crippen LogP contribution < -0.4 is 10.6 Å². The predicted octanol–water partition coefficient (Wildman–Crippen LogP) is 3.52. The van der Waals surface area contributed by atoms with Crippen molar-refractivity contribution in [3.8, 4) is 0 Å². The van der Waals surface area contributed by atoms with Crippen LogP contribution in [0.3, 0.4) is 0 Å². The molecule has 2 fully saturated rings. The molecular weight excluding hydrogens is 453 g/mol. The summed E-state index contributed by atoms with van der Waals surface area (Å²) in [7, 11) is 1.82. The van der Waals surface area contributed by atoms with Gasteiger partial charge in [0.05, 0.1) is 12.7 Å². The molecule has 2 N–H and O–H groups in total. The zero-order valence-electron chi connectivity index (χ0n) is 17.3. The Morgan fingerprint density at radius 1 is 1.30 bits per heavy atom. The molecule has 2 aliphatic rings. The van der Waals surface area contributed by atoms with Crippen LogP contribution in [0.2, 0.25) is 0 Å². The van der Waals surface area contributed by atoms with Crippen molar-refractivity contribution in [3.05, 3.63) is 17.8 Å². The average molecular weight is 489 g/mol. The lowest BCUT2D eigenvalue weighted by molar-refractivity contribution is 0.275. The summed E-state index contributed by atoms with van der Waals surface area (Å²) in [4.78, 5) is 11.3. The molecule has 1 saturated carbocycles. The van der Waals surface area contributed by atoms with E-state index in [0.29, 0.717) is 18.5 Å². The molecule has 0 aromatic carbocycles. The Morgan fingerprint density at radius 2 is 2.04 bits per heavy atom. The molecule has 6 nitrogen and oxygen atoms in total. The summed E-state index contributed by atoms with van der Waals surface area (Å²) < 4.78 is 5.84. The van der Waals surface area contributed by atoms with Crippen LogP contribution in [0.5, 0.6) is 0 Å². The Labute approximate surface area is 181 Å². The molecule has 0 bridgehead atoms. The Morgan fingerprint density at radius 3 is 2.67 bits per heavy atom. The van der Waals surface area contributed by atoms with Gasteiger partial charge in [-0.3, -0.25) is 4.99 Å². The summed E-state index contributed by atoms with van der Waals surface area (Å²) >= 11 is 0. The molecule has 1 aromatic rings. The highest BCUT2D eigenvalue weighted by Crippen LogP contribution is 2.26. The van der Waals surface area contributed by atoms with Gasteiger partial charge in [0.25, 0.3) is 0 Å². The van der Waals surface area contributed by atoms with Gasteiger partial charge in [0.2, 0.25) is 5.89 Å². The molecule has 1 aliphatic heterocycles. The van der Waals surface area contributed by atoms with E-state index in [2.05, 4.69) is 46.3 Å². The SMILES string of the molecule is CN=C(NCc1ncc(C(C)(C)C)o1)NC1CCN(CC2CCCC2)C1.I. The fourth-order valence-corrected chi connectivity index (χ4v) is 3.96. The van der Waals surface area contributed by atoms with E-state index in [9.17, 15) is 0 Å². The molecule has 154 valence electrons. The van der Waals surface area contributed by atoms with E-state index in [4.69, 9.17) is 4.42 Å². The van der Waals surface area contributed by atoms with Crippen LogP contribution in [0.1, 0.15) is 64.5 Å². The predicted molar refractivity (Wildman–Crippen MR) is 121 cm³/mol. The Kier molecular flexibility index (Phi) is 8.39. The van der Waals surface area contributed by atoms with E-state index in [1.807, 2.05) is 13.2 Å². The molecule has 3 rings (SSSR count). The third kappa shape index (κ3) is 6.62. The fourth-order valence-electron chi connectivity index (χ4n) is 3.96. The number of hydrogen-bond acceptors (Lipinski definition) is 4. The van der Waals surface area contributed by atoms with Crippen molar-refractivity contribution in [2.45, 2.75) is 70.9 Å². The summed E-state index contributed by atoms with van der Waals surface area (Å²) in [5, 5.41) is 6.89. The number of likely N-dealkylation sites (tertiary alicyclic amines) is 1. The number of aromatic nitrogens is 1. The monoisotopic (exact) mass is 489 g/mol. The Hall–Kier alpha value is -0.830. The summed E-state index contributed by atoms with van der Waals surface area (Å²) in [6, 6.07) is 0.470. The van der Waals surface area contributed by atoms with Crippen molar-refractivity contribution >= 4 is 29.9 Å². The van der Waals surface area contributed by atoms with Crippen LogP contribution in [-0.2, 0) is 12.0 Å². The minimum absolute atomic E-state index is 0. The normalized spacial score (nSPS) is 22.1. The standard InChI is InChI=1S/C20H35N5O.HI/c1-20(2,3)17-11-22-18(26-17)12-23-19(21-4)24-16-9-10-25(14-16)13-15-7-5-6-8-15;/h11,15-16H,5-10,12-14H2,1-4H3,(H2,21,23,24);1H. The van der Waals surface area contributed by atoms with E-state index in [-0.39, 0.29) is 29.4 Å². The van der Waals surface area contributed by atoms with Gasteiger partial charge in [-0.05, 0) is 25.2 Å². The minimum Gasteiger partial charge on any atom is -0.443 e. The van der Waals surface area contributed by atoms with Crippen LogP contribution in [0.25, 0.3) is 0 Å². The molecule has 2 heterocycles. The maximum Gasteiger partial charge on any atom is 0.213 e. The molecule has 0 radical (unpaired) electrons. The van der Waals surface area contributed by atoms with Gasteiger partial charge in [-0.1, -0.05) is 33.6 Å². The molecule has 1 unspecified atom stereocenters. The van der Waals surface area contributed by atoms with Gasteiger partial charge < -0.3 is 20.0 Å². The second-order valence-electron chi connectivity index (χ2n) is 8.83. The van der Waals surface area contributed by atoms with E-state index in [1.165, 1.54) is 45.2 Å². The average Bonchev–Trinajstić information content (AvgIpc) is 3.33. The number of nitrogens with zero attached hydrogens (tertiary/aromatic N) is 3. The summed E-state index contributed by atoms with van der Waals surface area (Å²) in [6.07, 6.45) is 8.70. The van der Waals surface area contributed by atoms with Gasteiger partial charge in [0.15, 0.2) is 5.96 Å². The van der Waals surface area contributed by atoms with Crippen LogP contribution in [0.15, 0.2) is 15.6 Å². The number of rotatable bonds is 5. The second kappa shape index (κ2) is 10.1. The number of aliphatic imine (C=N–C) groups is 1. The van der Waals surface area contributed by atoms with Crippen LogP contribution >= 0.6 is 24.0 Å². The second-order valence-corrected chi connectivity index (χ2v) is 8.83. The van der Waals surface area contributed by atoms with Gasteiger partial charge in [-0.25, -0.2) is 4.98 Å². The van der Waals surface area contributed by atoms with Crippen molar-refractivity contribution in [2.75, 3.05) is 26.7 Å². The van der Waals surface area contributed by atoms with Gasteiger partial charge in [0.1, 0.15) is 5.76 Å². The largest absolute Gasteiger partial charge is 0.443 e. The van der Waals surface area contributed by atoms with Crippen molar-refractivity contribution in [1.29, 1.82) is 0 Å². The quantitative estimate of drug-likeness (QED) is 0.377. The molecule has 27 heavy (non-hydrogen) atoms. The number of guanidine groups is 1. The molecule has 1 aliphatic carbocycles. The molecule has 0 spiro atoms. The molecule has 1 saturated heterocycles. The zero-order chi connectivity index (χ0) is 18.6. The van der Waals surface area contributed by atoms with E-state index in [1.54, 1.807) is 0 Å². The van der Waals surface area contributed by atoms with Crippen molar-refractivity contribution in [2.24, 2.45) is 10.9 Å². The lowest BCUT2D eigenvalue weighted by Gasteiger charge is -2.21. The molecule has 0 amide bonds. The lowest BCUT2D eigenvalue weighted by atomic mass is 9.94. The van der Waals surface area contributed by atoms with Crippen LogP contribution in [0.4, 0.5) is 0 Å². The van der Waals surface area contributed by atoms with E-state index in [0.717, 1.165) is 24.2 Å². The first-order valence-electron chi connectivity index (χ1n) is 10.1. The molecule has 7 heteroatoms. The minimum atomic E-state index is -0.0161. The van der Waals surface area contributed by atoms with Gasteiger partial charge >= 0.3 is 0 Å². The summed E-state index contributed by atoms with van der Waals surface area (Å²) in [6.45, 7) is 10.5. The molecule has 1 atom stereocenters. The highest BCUT2D eigenvalue weighted by Gasteiger charge is 2.26. The first kappa shape index (κ1) is 22.5. The first-order chi connectivity index (χ1) is 12.4. The number of halogens is 1. The lowest BCUT2D eigenvalue weighted by Crippen LogP contribution is -2.44. The third-order valence-corrected chi connectivity index (χ3v) is 5.53. The third-order valence-electron chi connectivity index (χ3n) is 5.53. The van der Waals surface area contributed by atoms with Gasteiger partial charge in [-0.2, -0.15) is 0 Å². The Bertz CT molecular complexity index is 604. The number of hydrogen-bond donors (Lipinski definition) is 2. The van der Waals surface area contributed by atoms with Crippen molar-refractivity contribution in [1.82, 2.24) is 20.5 Å². The van der Waals surface area contributed by atoms with Gasteiger partial charge in [-0.15, -0.1) is 24.0 Å². The van der Waals surface area contributed by atoms with E-state index < -0.39 is 0 Å². The molecular formula is C20H36IN5O. The topological polar surface area (TPSA) is 65.7 Å². The number of nitrogens with one attached hydrogen (secondary N) is 2. The maximum atomic E-state index is 5.84. The van der Waals surface area contributed by atoms with Crippen LogP contribution in [-0.4, -0.2) is 48.6 Å². The smallest absolute Gasteiger partial charge is 0.213 e. The highest BCUT2D eigenvalue weighted by atomic mass is 127. The molecule has 1 aromatic heterocycles. The number of oxazole rings is 1. The van der Waals surface area contributed by atoms with Gasteiger partial charge in [0, 0.05) is 38.1 Å². The maximum absolute atomic E-state index is 5.84. The van der Waals surface area contributed by atoms with Crippen molar-refractivity contribution < 1.29 is 4.42 Å². The zero-order valence-corrected chi connectivity index (χ0v) is 19.6. The van der Waals surface area contributed by atoms with E-state index >= 15 is 0 Å². The highest BCUT2D eigenvalue weighted by molar-refractivity contribution is 14.0. The summed E-state index contributed by atoms with van der Waals surface area (Å²) in [5.41, 5.74) is -0.0161. The van der Waals surface area contributed by atoms with Crippen LogP contribution in [0, 0.1) is 5.92 Å².